The molecule has 0 unspecified atom stereocenters. The Bertz CT molecular complexity index is 1230. The molecule has 9 heteroatoms. The molecule has 0 saturated carbocycles. The van der Waals surface area contributed by atoms with Gasteiger partial charge in [-0.15, -0.1) is 0 Å². The molecule has 3 N–H and O–H groups in total. The van der Waals surface area contributed by atoms with Gasteiger partial charge in [-0.3, -0.25) is 0 Å². The van der Waals surface area contributed by atoms with E-state index in [-0.39, 0.29) is 6.03 Å². The zero-order chi connectivity index (χ0) is 24.2. The molecule has 0 spiro atoms. The van der Waals surface area contributed by atoms with E-state index in [0.717, 1.165) is 55.8 Å². The number of fused-ring (bicyclic) bond motifs is 2. The van der Waals surface area contributed by atoms with Crippen LogP contribution in [-0.4, -0.2) is 36.9 Å². The summed E-state index contributed by atoms with van der Waals surface area (Å²) in [4.78, 5) is 15.8. The summed E-state index contributed by atoms with van der Waals surface area (Å²) in [7, 11) is 4.19. The number of hydrogen-bond acceptors (Lipinski definition) is 5. The predicted octanol–water partition coefficient (Wildman–Crippen LogP) is 4.42. The fraction of sp³-hybridized carbons (Fsp3) is 0.385. The molecule has 6 nitrogen and oxygen atoms in total. The van der Waals surface area contributed by atoms with Crippen molar-refractivity contribution in [3.8, 4) is 5.00 Å². The van der Waals surface area contributed by atoms with Crippen LogP contribution in [0.5, 0.6) is 0 Å². The van der Waals surface area contributed by atoms with E-state index in [0.29, 0.717) is 18.8 Å². The Balaban J connectivity index is 1.34. The Morgan fingerprint density at radius 2 is 2.00 bits per heavy atom. The van der Waals surface area contributed by atoms with Gasteiger partial charge in [0.15, 0.2) is 0 Å². The molecule has 35 heavy (non-hydrogen) atoms. The van der Waals surface area contributed by atoms with Crippen molar-refractivity contribution in [2.24, 2.45) is 0 Å². The molecule has 1 aliphatic carbocycles. The number of nitrogens with zero attached hydrogens (tertiary/aromatic N) is 1. The molecule has 0 radical (unpaired) electrons. The van der Waals surface area contributed by atoms with E-state index >= 15 is 0 Å². The first-order valence-corrected chi connectivity index (χ1v) is 13.9. The van der Waals surface area contributed by atoms with Crippen LogP contribution in [-0.2, 0) is 37.1 Å². The summed E-state index contributed by atoms with van der Waals surface area (Å²) in [6.07, 6.45) is 12.1. The van der Waals surface area contributed by atoms with E-state index in [9.17, 15) is 4.79 Å². The second kappa shape index (κ2) is 11.0. The van der Waals surface area contributed by atoms with E-state index < -0.39 is 0 Å². The quantitative estimate of drug-likeness (QED) is 0.229. The monoisotopic (exact) mass is 506 g/mol. The number of thiophene rings is 2. The SMILES string of the molecule is B=C(OCCC=C)c1c(NC(=O)NCc2c(-n3cccc3)sc3c2CCNC3)sc2c1CCCC2. The second-order valence-electron chi connectivity index (χ2n) is 8.88. The summed E-state index contributed by atoms with van der Waals surface area (Å²) in [6, 6.07) is 3.87. The van der Waals surface area contributed by atoms with Gasteiger partial charge in [0.1, 0.15) is 0 Å². The molecular formula is C26H31BN4O2S2. The minimum atomic E-state index is -0.198. The number of aryl methyl sites for hydroxylation is 1. The van der Waals surface area contributed by atoms with Gasteiger partial charge in [-0.05, 0) is 0 Å². The van der Waals surface area contributed by atoms with Crippen molar-refractivity contribution in [3.63, 3.8) is 0 Å². The summed E-state index contributed by atoms with van der Waals surface area (Å²) < 4.78 is 8.06. The second-order valence-corrected chi connectivity index (χ2v) is 11.1. The van der Waals surface area contributed by atoms with Crippen molar-refractivity contribution < 1.29 is 9.53 Å². The van der Waals surface area contributed by atoms with Crippen molar-refractivity contribution >= 4 is 46.8 Å². The Hall–Kier alpha value is -2.62. The van der Waals surface area contributed by atoms with Crippen LogP contribution >= 0.6 is 22.7 Å². The first-order valence-electron chi connectivity index (χ1n) is 12.3. The number of aromatic nitrogens is 1. The van der Waals surface area contributed by atoms with Crippen LogP contribution < -0.4 is 16.0 Å². The number of amides is 2. The summed E-state index contributed by atoms with van der Waals surface area (Å²) in [5.41, 5.74) is 5.47. The van der Waals surface area contributed by atoms with Crippen LogP contribution in [0.2, 0.25) is 0 Å². The maximum absolute atomic E-state index is 13.1. The number of anilines is 1. The van der Waals surface area contributed by atoms with E-state index in [1.54, 1.807) is 22.7 Å². The molecule has 182 valence electrons. The molecule has 2 aliphatic rings. The van der Waals surface area contributed by atoms with E-state index in [1.807, 2.05) is 18.2 Å². The van der Waals surface area contributed by atoms with Crippen molar-refractivity contribution in [1.29, 1.82) is 0 Å². The molecule has 1 aliphatic heterocycles. The molecule has 0 bridgehead atoms. The van der Waals surface area contributed by atoms with Gasteiger partial charge in [0.05, 0.1) is 0 Å². The van der Waals surface area contributed by atoms with Crippen LogP contribution in [0.1, 0.15) is 51.3 Å². The van der Waals surface area contributed by atoms with Gasteiger partial charge in [0.25, 0.3) is 0 Å². The number of rotatable bonds is 9. The van der Waals surface area contributed by atoms with Gasteiger partial charge in [0.2, 0.25) is 0 Å². The zero-order valence-electron chi connectivity index (χ0n) is 20.0. The molecule has 3 aromatic rings. The standard InChI is InChI=1S/C26H31BN4O2S2/c1-2-3-14-33-23(27)22-18-8-4-5-9-20(18)34-24(22)30-26(32)29-15-19-17-10-11-28-16-21(17)35-25(19)31-12-6-7-13-31/h2,6-7,12-13,27-28H,1,3-5,8-11,14-16H2,(H2,29,30,32). The predicted molar refractivity (Wildman–Crippen MR) is 148 cm³/mol. The first-order chi connectivity index (χ1) is 17.2. The van der Waals surface area contributed by atoms with E-state index in [1.165, 1.54) is 37.9 Å². The third-order valence-corrected chi connectivity index (χ3v) is 9.05. The number of carbonyl (C=O) groups is 1. The fourth-order valence-electron chi connectivity index (χ4n) is 4.85. The van der Waals surface area contributed by atoms with Crippen LogP contribution in [0.4, 0.5) is 9.80 Å². The molecule has 4 heterocycles. The molecular weight excluding hydrogens is 475 g/mol. The van der Waals surface area contributed by atoms with Crippen molar-refractivity contribution in [2.75, 3.05) is 18.5 Å². The number of hydrogen-bond donors (Lipinski definition) is 3. The maximum atomic E-state index is 13.1. The van der Waals surface area contributed by atoms with Gasteiger partial charge >= 0.3 is 216 Å². The summed E-state index contributed by atoms with van der Waals surface area (Å²) >= 11 is 3.47. The summed E-state index contributed by atoms with van der Waals surface area (Å²) in [5.74, 6) is 0. The van der Waals surface area contributed by atoms with E-state index in [4.69, 9.17) is 4.74 Å². The van der Waals surface area contributed by atoms with Gasteiger partial charge in [0, 0.05) is 0 Å². The Labute approximate surface area is 215 Å². The fourth-order valence-corrected chi connectivity index (χ4v) is 7.45. The molecule has 0 saturated heterocycles. The molecule has 0 aromatic carbocycles. The zero-order valence-corrected chi connectivity index (χ0v) is 21.6. The average Bonchev–Trinajstić information content (AvgIpc) is 3.59. The van der Waals surface area contributed by atoms with Crippen LogP contribution in [0.25, 0.3) is 5.00 Å². The van der Waals surface area contributed by atoms with Crippen molar-refractivity contribution in [1.82, 2.24) is 15.2 Å². The van der Waals surface area contributed by atoms with E-state index in [2.05, 4.69) is 47.0 Å². The van der Waals surface area contributed by atoms with Crippen LogP contribution in [0, 0.1) is 0 Å². The Morgan fingerprint density at radius 3 is 2.83 bits per heavy atom. The topological polar surface area (TPSA) is 67.3 Å². The minimum absolute atomic E-state index is 0.198. The van der Waals surface area contributed by atoms with Gasteiger partial charge in [-0.25, -0.2) is 0 Å². The van der Waals surface area contributed by atoms with Gasteiger partial charge in [-0.1, -0.05) is 0 Å². The van der Waals surface area contributed by atoms with Crippen LogP contribution in [0.15, 0.2) is 37.2 Å². The van der Waals surface area contributed by atoms with Crippen molar-refractivity contribution in [3.05, 3.63) is 69.2 Å². The molecule has 2 amide bonds. The Kier molecular flexibility index (Phi) is 7.56. The van der Waals surface area contributed by atoms with Crippen molar-refractivity contribution in [2.45, 2.75) is 51.6 Å². The molecule has 0 fully saturated rings. The average molecular weight is 507 g/mol. The number of carbonyl (C=O) groups excluding carboxylic acids is 1. The van der Waals surface area contributed by atoms with Crippen LogP contribution in [0.3, 0.4) is 0 Å². The Morgan fingerprint density at radius 1 is 1.17 bits per heavy atom. The number of ether oxygens (including phenoxy) is 1. The third-order valence-electron chi connectivity index (χ3n) is 6.56. The molecule has 0 atom stereocenters. The third kappa shape index (κ3) is 5.17. The summed E-state index contributed by atoms with van der Waals surface area (Å²) in [5, 5.41) is 11.7. The molecule has 3 aromatic heterocycles. The van der Waals surface area contributed by atoms with Gasteiger partial charge in [-0.2, -0.15) is 0 Å². The molecule has 5 rings (SSSR count). The first kappa shape index (κ1) is 24.1. The summed E-state index contributed by atoms with van der Waals surface area (Å²) in [6.45, 7) is 6.64. The number of nitrogens with one attached hydrogen (secondary N) is 3. The van der Waals surface area contributed by atoms with Gasteiger partial charge < -0.3 is 0 Å². The normalized spacial score (nSPS) is 14.6. The number of urea groups is 1.